The minimum absolute atomic E-state index is 0.273. The third-order valence-electron chi connectivity index (χ3n) is 3.27. The summed E-state index contributed by atoms with van der Waals surface area (Å²) in [5, 5.41) is 8.33. The molecule has 3 aromatic heterocycles. The second kappa shape index (κ2) is 4.66. The number of nitrogens with zero attached hydrogens (tertiary/aromatic N) is 5. The van der Waals surface area contributed by atoms with Crippen molar-refractivity contribution in [3.8, 4) is 22.8 Å². The van der Waals surface area contributed by atoms with E-state index in [2.05, 4.69) is 20.2 Å². The highest BCUT2D eigenvalue weighted by molar-refractivity contribution is 5.65. The van der Waals surface area contributed by atoms with E-state index >= 15 is 0 Å². The molecule has 2 N–H and O–H groups in total. The number of fused-ring (bicyclic) bond motifs is 1. The predicted molar refractivity (Wildman–Crippen MR) is 80.9 cm³/mol. The zero-order valence-corrected chi connectivity index (χ0v) is 11.8. The molecule has 0 bridgehead atoms. The molecule has 7 heteroatoms. The molecule has 0 fully saturated rings. The standard InChI is InChI=1S/C15H12N6O/c1-9-7-12(20-22-9)11-8-13-17-14(10-5-3-2-4-6-10)18-15(16)21(13)19-11/h2-8H,1H3,(H2,16,17,18). The van der Waals surface area contributed by atoms with Gasteiger partial charge in [0.05, 0.1) is 0 Å². The molecule has 0 aliphatic heterocycles. The van der Waals surface area contributed by atoms with Crippen LogP contribution in [0, 0.1) is 6.92 Å². The highest BCUT2D eigenvalue weighted by Gasteiger charge is 2.13. The molecule has 4 rings (SSSR count). The minimum atomic E-state index is 0.273. The van der Waals surface area contributed by atoms with Gasteiger partial charge in [-0.1, -0.05) is 35.5 Å². The first-order valence-electron chi connectivity index (χ1n) is 6.73. The van der Waals surface area contributed by atoms with Gasteiger partial charge in [-0.15, -0.1) is 0 Å². The Hall–Kier alpha value is -3.22. The molecule has 0 aliphatic carbocycles. The van der Waals surface area contributed by atoms with E-state index in [9.17, 15) is 0 Å². The fourth-order valence-corrected chi connectivity index (χ4v) is 2.24. The summed E-state index contributed by atoms with van der Waals surface area (Å²) < 4.78 is 6.56. The van der Waals surface area contributed by atoms with Crippen LogP contribution in [-0.4, -0.2) is 24.7 Å². The van der Waals surface area contributed by atoms with Crippen molar-refractivity contribution in [3.63, 3.8) is 0 Å². The first kappa shape index (κ1) is 12.5. The highest BCUT2D eigenvalue weighted by Crippen LogP contribution is 2.22. The van der Waals surface area contributed by atoms with Gasteiger partial charge in [0.1, 0.15) is 17.1 Å². The van der Waals surface area contributed by atoms with Crippen LogP contribution in [0.3, 0.4) is 0 Å². The summed E-state index contributed by atoms with van der Waals surface area (Å²) >= 11 is 0. The van der Waals surface area contributed by atoms with Gasteiger partial charge in [-0.3, -0.25) is 0 Å². The average molecular weight is 292 g/mol. The Labute approximate surface area is 125 Å². The van der Waals surface area contributed by atoms with Crippen molar-refractivity contribution in [2.75, 3.05) is 5.73 Å². The lowest BCUT2D eigenvalue weighted by atomic mass is 10.2. The zero-order chi connectivity index (χ0) is 15.1. The van der Waals surface area contributed by atoms with E-state index in [1.165, 1.54) is 4.52 Å². The Morgan fingerprint density at radius 3 is 2.59 bits per heavy atom. The normalized spacial score (nSPS) is 11.1. The first-order valence-corrected chi connectivity index (χ1v) is 6.73. The summed E-state index contributed by atoms with van der Waals surface area (Å²) in [6.45, 7) is 1.83. The van der Waals surface area contributed by atoms with Crippen LogP contribution in [0.5, 0.6) is 0 Å². The molecule has 0 aliphatic rings. The Morgan fingerprint density at radius 1 is 1.05 bits per heavy atom. The van der Waals surface area contributed by atoms with E-state index in [0.717, 1.165) is 11.3 Å². The Bertz CT molecular complexity index is 957. The number of hydrogen-bond acceptors (Lipinski definition) is 6. The van der Waals surface area contributed by atoms with E-state index in [4.69, 9.17) is 10.3 Å². The van der Waals surface area contributed by atoms with E-state index < -0.39 is 0 Å². The maximum absolute atomic E-state index is 6.00. The number of aromatic nitrogens is 5. The number of hydrogen-bond donors (Lipinski definition) is 1. The smallest absolute Gasteiger partial charge is 0.225 e. The SMILES string of the molecule is Cc1cc(-c2cc3nc(-c4ccccc4)nc(N)n3n2)no1. The number of aryl methyl sites for hydroxylation is 1. The van der Waals surface area contributed by atoms with Crippen molar-refractivity contribution >= 4 is 11.6 Å². The van der Waals surface area contributed by atoms with Crippen molar-refractivity contribution in [1.82, 2.24) is 24.7 Å². The molecular formula is C15H12N6O. The second-order valence-corrected chi connectivity index (χ2v) is 4.89. The predicted octanol–water partition coefficient (Wildman–Crippen LogP) is 2.34. The summed E-state index contributed by atoms with van der Waals surface area (Å²) in [6.07, 6.45) is 0. The van der Waals surface area contributed by atoms with E-state index in [0.29, 0.717) is 22.9 Å². The van der Waals surface area contributed by atoms with Crippen LogP contribution in [0.4, 0.5) is 5.95 Å². The molecule has 22 heavy (non-hydrogen) atoms. The van der Waals surface area contributed by atoms with Crippen molar-refractivity contribution < 1.29 is 4.52 Å². The first-order chi connectivity index (χ1) is 10.7. The van der Waals surface area contributed by atoms with Crippen LogP contribution in [-0.2, 0) is 0 Å². The largest absolute Gasteiger partial charge is 0.368 e. The van der Waals surface area contributed by atoms with Crippen LogP contribution >= 0.6 is 0 Å². The van der Waals surface area contributed by atoms with Crippen molar-refractivity contribution in [1.29, 1.82) is 0 Å². The lowest BCUT2D eigenvalue weighted by Gasteiger charge is -2.02. The van der Waals surface area contributed by atoms with Gasteiger partial charge in [-0.2, -0.15) is 14.6 Å². The van der Waals surface area contributed by atoms with Gasteiger partial charge in [-0.25, -0.2) is 4.98 Å². The van der Waals surface area contributed by atoms with Crippen molar-refractivity contribution in [2.24, 2.45) is 0 Å². The fraction of sp³-hybridized carbons (Fsp3) is 0.0667. The molecular weight excluding hydrogens is 280 g/mol. The van der Waals surface area contributed by atoms with Crippen LogP contribution in [0.25, 0.3) is 28.4 Å². The third kappa shape index (κ3) is 1.99. The van der Waals surface area contributed by atoms with E-state index in [-0.39, 0.29) is 5.95 Å². The van der Waals surface area contributed by atoms with Gasteiger partial charge in [0.15, 0.2) is 11.5 Å². The molecule has 0 unspecified atom stereocenters. The van der Waals surface area contributed by atoms with Gasteiger partial charge in [0, 0.05) is 17.7 Å². The van der Waals surface area contributed by atoms with Crippen molar-refractivity contribution in [3.05, 3.63) is 48.2 Å². The van der Waals surface area contributed by atoms with Crippen LogP contribution in [0.1, 0.15) is 5.76 Å². The second-order valence-electron chi connectivity index (χ2n) is 4.89. The number of nitrogen functional groups attached to an aromatic ring is 1. The van der Waals surface area contributed by atoms with Crippen LogP contribution in [0.2, 0.25) is 0 Å². The molecule has 4 aromatic rings. The lowest BCUT2D eigenvalue weighted by molar-refractivity contribution is 0.399. The summed E-state index contributed by atoms with van der Waals surface area (Å²) in [5.41, 5.74) is 8.79. The van der Waals surface area contributed by atoms with Gasteiger partial charge in [-0.05, 0) is 6.92 Å². The van der Waals surface area contributed by atoms with E-state index in [1.54, 1.807) is 0 Å². The van der Waals surface area contributed by atoms with Gasteiger partial charge >= 0.3 is 0 Å². The summed E-state index contributed by atoms with van der Waals surface area (Å²) in [7, 11) is 0. The van der Waals surface area contributed by atoms with Crippen LogP contribution in [0.15, 0.2) is 47.0 Å². The average Bonchev–Trinajstić information content (AvgIpc) is 3.14. The van der Waals surface area contributed by atoms with E-state index in [1.807, 2.05) is 49.4 Å². The molecule has 0 saturated heterocycles. The summed E-state index contributed by atoms with van der Waals surface area (Å²) in [6, 6.07) is 13.3. The number of anilines is 1. The molecule has 3 heterocycles. The third-order valence-corrected chi connectivity index (χ3v) is 3.27. The molecule has 0 saturated carbocycles. The van der Waals surface area contributed by atoms with Crippen molar-refractivity contribution in [2.45, 2.75) is 6.92 Å². The molecule has 0 atom stereocenters. The lowest BCUT2D eigenvalue weighted by Crippen LogP contribution is -2.05. The van der Waals surface area contributed by atoms with Crippen LogP contribution < -0.4 is 5.73 Å². The molecule has 0 amide bonds. The van der Waals surface area contributed by atoms with Gasteiger partial charge in [0.2, 0.25) is 5.95 Å². The molecule has 7 nitrogen and oxygen atoms in total. The zero-order valence-electron chi connectivity index (χ0n) is 11.8. The Kier molecular flexibility index (Phi) is 2.65. The number of nitrogens with two attached hydrogens (primary N) is 1. The molecule has 1 aromatic carbocycles. The quantitative estimate of drug-likeness (QED) is 0.609. The molecule has 0 spiro atoms. The van der Waals surface area contributed by atoms with Gasteiger partial charge < -0.3 is 10.3 Å². The summed E-state index contributed by atoms with van der Waals surface area (Å²) in [4.78, 5) is 8.82. The Morgan fingerprint density at radius 2 is 1.86 bits per heavy atom. The Balaban J connectivity index is 1.88. The maximum atomic E-state index is 6.00. The summed E-state index contributed by atoms with van der Waals surface area (Å²) in [5.74, 6) is 1.56. The minimum Gasteiger partial charge on any atom is -0.368 e. The molecule has 0 radical (unpaired) electrons. The molecule has 108 valence electrons. The highest BCUT2D eigenvalue weighted by atomic mass is 16.5. The van der Waals surface area contributed by atoms with Gasteiger partial charge in [0.25, 0.3) is 0 Å². The topological polar surface area (TPSA) is 95.1 Å². The monoisotopic (exact) mass is 292 g/mol. The number of rotatable bonds is 2. The fourth-order valence-electron chi connectivity index (χ4n) is 2.24. The maximum Gasteiger partial charge on any atom is 0.225 e. The number of benzene rings is 1.